The van der Waals surface area contributed by atoms with Gasteiger partial charge in [-0.1, -0.05) is 12.1 Å². The number of nitriles is 1. The zero-order valence-corrected chi connectivity index (χ0v) is 14.3. The third-order valence-electron chi connectivity index (χ3n) is 3.40. The van der Waals surface area contributed by atoms with E-state index in [0.29, 0.717) is 38.3 Å². The SMILES string of the molecule is COc1cc(-c2nc3ccccc3c(=O)[nH]2)cc(Br)c1OCC#N. The number of hydrogen-bond acceptors (Lipinski definition) is 5. The molecule has 1 N–H and O–H groups in total. The highest BCUT2D eigenvalue weighted by Crippen LogP contribution is 2.38. The fraction of sp³-hybridized carbons (Fsp3) is 0.118. The molecule has 0 spiro atoms. The summed E-state index contributed by atoms with van der Waals surface area (Å²) in [4.78, 5) is 19.5. The lowest BCUT2D eigenvalue weighted by Gasteiger charge is -2.12. The van der Waals surface area contributed by atoms with E-state index in [1.54, 1.807) is 30.3 Å². The number of H-pyrrole nitrogens is 1. The fourth-order valence-electron chi connectivity index (χ4n) is 2.32. The van der Waals surface area contributed by atoms with Gasteiger partial charge in [-0.05, 0) is 40.2 Å². The molecule has 1 heterocycles. The molecule has 6 nitrogen and oxygen atoms in total. The second-order valence-electron chi connectivity index (χ2n) is 4.87. The van der Waals surface area contributed by atoms with E-state index >= 15 is 0 Å². The third-order valence-corrected chi connectivity index (χ3v) is 3.99. The molecule has 0 saturated carbocycles. The minimum atomic E-state index is -0.213. The average molecular weight is 386 g/mol. The highest BCUT2D eigenvalue weighted by atomic mass is 79.9. The smallest absolute Gasteiger partial charge is 0.259 e. The third kappa shape index (κ3) is 2.96. The Morgan fingerprint density at radius 2 is 2.12 bits per heavy atom. The molecule has 3 rings (SSSR count). The van der Waals surface area contributed by atoms with Gasteiger partial charge in [-0.15, -0.1) is 0 Å². The van der Waals surface area contributed by atoms with E-state index in [9.17, 15) is 4.79 Å². The molecular formula is C17H12BrN3O3. The molecule has 0 radical (unpaired) electrons. The summed E-state index contributed by atoms with van der Waals surface area (Å²) in [5.41, 5.74) is 1.05. The van der Waals surface area contributed by atoms with Crippen molar-refractivity contribution in [3.8, 4) is 29.0 Å². The van der Waals surface area contributed by atoms with E-state index < -0.39 is 0 Å². The summed E-state index contributed by atoms with van der Waals surface area (Å²) in [6.45, 7) is -0.0979. The van der Waals surface area contributed by atoms with Gasteiger partial charge < -0.3 is 14.5 Å². The van der Waals surface area contributed by atoms with Crippen LogP contribution in [-0.4, -0.2) is 23.7 Å². The topological polar surface area (TPSA) is 88.0 Å². The van der Waals surface area contributed by atoms with E-state index in [1.165, 1.54) is 7.11 Å². The summed E-state index contributed by atoms with van der Waals surface area (Å²) in [7, 11) is 1.50. The first-order chi connectivity index (χ1) is 11.6. The molecule has 1 aromatic heterocycles. The first kappa shape index (κ1) is 16.0. The summed E-state index contributed by atoms with van der Waals surface area (Å²) in [5, 5.41) is 9.19. The number of nitrogens with one attached hydrogen (secondary N) is 1. The highest BCUT2D eigenvalue weighted by molar-refractivity contribution is 9.10. The van der Waals surface area contributed by atoms with Crippen molar-refractivity contribution >= 4 is 26.8 Å². The van der Waals surface area contributed by atoms with Gasteiger partial charge in [-0.2, -0.15) is 5.26 Å². The summed E-state index contributed by atoms with van der Waals surface area (Å²) >= 11 is 3.40. The molecule has 0 fully saturated rings. The van der Waals surface area contributed by atoms with Crippen molar-refractivity contribution < 1.29 is 9.47 Å². The Hall–Kier alpha value is -2.85. The van der Waals surface area contributed by atoms with Crippen molar-refractivity contribution in [1.29, 1.82) is 5.26 Å². The maximum atomic E-state index is 12.2. The molecule has 0 unspecified atom stereocenters. The number of para-hydroxylation sites is 1. The van der Waals surface area contributed by atoms with Crippen molar-refractivity contribution in [2.45, 2.75) is 0 Å². The van der Waals surface area contributed by atoms with Crippen LogP contribution in [0.4, 0.5) is 0 Å². The van der Waals surface area contributed by atoms with E-state index in [4.69, 9.17) is 14.7 Å². The number of rotatable bonds is 4. The Morgan fingerprint density at radius 3 is 2.88 bits per heavy atom. The largest absolute Gasteiger partial charge is 0.493 e. The van der Waals surface area contributed by atoms with Gasteiger partial charge in [0.05, 0.1) is 22.5 Å². The molecule has 0 aliphatic heterocycles. The minimum Gasteiger partial charge on any atom is -0.493 e. The zero-order valence-electron chi connectivity index (χ0n) is 12.7. The molecule has 0 aliphatic carbocycles. The van der Waals surface area contributed by atoms with Crippen LogP contribution >= 0.6 is 15.9 Å². The van der Waals surface area contributed by atoms with Crippen LogP contribution in [-0.2, 0) is 0 Å². The van der Waals surface area contributed by atoms with E-state index in [-0.39, 0.29) is 12.2 Å². The number of nitrogens with zero attached hydrogens (tertiary/aromatic N) is 2. The molecule has 2 aromatic carbocycles. The molecule has 0 saturated heterocycles. The van der Waals surface area contributed by atoms with Crippen molar-refractivity contribution in [3.05, 3.63) is 51.2 Å². The summed E-state index contributed by atoms with van der Waals surface area (Å²) in [6, 6.07) is 12.5. The van der Waals surface area contributed by atoms with Crippen LogP contribution in [0.15, 0.2) is 45.7 Å². The van der Waals surface area contributed by atoms with Gasteiger partial charge in [0.2, 0.25) is 0 Å². The fourth-order valence-corrected chi connectivity index (χ4v) is 2.88. The number of hydrogen-bond donors (Lipinski definition) is 1. The molecule has 120 valence electrons. The van der Waals surface area contributed by atoms with Gasteiger partial charge in [0.1, 0.15) is 11.9 Å². The van der Waals surface area contributed by atoms with Crippen LogP contribution in [0, 0.1) is 11.3 Å². The Kier molecular flexibility index (Phi) is 4.49. The number of ether oxygens (including phenoxy) is 2. The normalized spacial score (nSPS) is 10.4. The Labute approximate surface area is 145 Å². The van der Waals surface area contributed by atoms with Crippen LogP contribution in [0.5, 0.6) is 11.5 Å². The molecular weight excluding hydrogens is 374 g/mol. The predicted octanol–water partition coefficient (Wildman–Crippen LogP) is 3.26. The van der Waals surface area contributed by atoms with Gasteiger partial charge >= 0.3 is 0 Å². The lowest BCUT2D eigenvalue weighted by atomic mass is 10.1. The molecule has 0 aliphatic rings. The number of fused-ring (bicyclic) bond motifs is 1. The second kappa shape index (κ2) is 6.72. The van der Waals surface area contributed by atoms with Crippen LogP contribution < -0.4 is 15.0 Å². The number of aromatic amines is 1. The van der Waals surface area contributed by atoms with E-state index in [2.05, 4.69) is 25.9 Å². The highest BCUT2D eigenvalue weighted by Gasteiger charge is 2.14. The number of benzene rings is 2. The van der Waals surface area contributed by atoms with Crippen molar-refractivity contribution in [2.24, 2.45) is 0 Å². The quantitative estimate of drug-likeness (QED) is 0.744. The summed E-state index contributed by atoms with van der Waals surface area (Å²) in [5.74, 6) is 1.28. The molecule has 3 aromatic rings. The molecule has 0 atom stereocenters. The lowest BCUT2D eigenvalue weighted by Crippen LogP contribution is -2.09. The standard InChI is InChI=1S/C17H12BrN3O3/c1-23-14-9-10(8-12(18)15(14)24-7-6-19)16-20-13-5-3-2-4-11(13)17(22)21-16/h2-5,8-9H,7H2,1H3,(H,20,21,22). The maximum Gasteiger partial charge on any atom is 0.259 e. The van der Waals surface area contributed by atoms with E-state index in [0.717, 1.165) is 0 Å². The Bertz CT molecular complexity index is 1010. The number of aromatic nitrogens is 2. The summed E-state index contributed by atoms with van der Waals surface area (Å²) < 4.78 is 11.3. The summed E-state index contributed by atoms with van der Waals surface area (Å²) in [6.07, 6.45) is 0. The number of halogens is 1. The lowest BCUT2D eigenvalue weighted by molar-refractivity contribution is 0.328. The van der Waals surface area contributed by atoms with Gasteiger partial charge in [0.15, 0.2) is 18.1 Å². The number of methoxy groups -OCH3 is 1. The monoisotopic (exact) mass is 385 g/mol. The molecule has 0 amide bonds. The second-order valence-corrected chi connectivity index (χ2v) is 5.72. The van der Waals surface area contributed by atoms with Crippen LogP contribution in [0.25, 0.3) is 22.3 Å². The average Bonchev–Trinajstić information content (AvgIpc) is 2.60. The van der Waals surface area contributed by atoms with Crippen LogP contribution in [0.1, 0.15) is 0 Å². The van der Waals surface area contributed by atoms with Crippen LogP contribution in [0.2, 0.25) is 0 Å². The van der Waals surface area contributed by atoms with Gasteiger partial charge in [-0.3, -0.25) is 4.79 Å². The first-order valence-electron chi connectivity index (χ1n) is 7.00. The van der Waals surface area contributed by atoms with Crippen molar-refractivity contribution in [1.82, 2.24) is 9.97 Å². The van der Waals surface area contributed by atoms with Gasteiger partial charge in [0, 0.05) is 5.56 Å². The predicted molar refractivity (Wildman–Crippen MR) is 93.2 cm³/mol. The zero-order chi connectivity index (χ0) is 17.1. The first-order valence-corrected chi connectivity index (χ1v) is 7.80. The minimum absolute atomic E-state index is 0.0979. The Morgan fingerprint density at radius 1 is 1.33 bits per heavy atom. The van der Waals surface area contributed by atoms with Crippen molar-refractivity contribution in [2.75, 3.05) is 13.7 Å². The van der Waals surface area contributed by atoms with Crippen LogP contribution in [0.3, 0.4) is 0 Å². The Balaban J connectivity index is 2.15. The molecule has 7 heteroatoms. The van der Waals surface area contributed by atoms with Gasteiger partial charge in [-0.25, -0.2) is 4.98 Å². The molecule has 24 heavy (non-hydrogen) atoms. The van der Waals surface area contributed by atoms with E-state index in [1.807, 2.05) is 12.1 Å². The maximum absolute atomic E-state index is 12.2. The molecule has 0 bridgehead atoms. The van der Waals surface area contributed by atoms with Crippen molar-refractivity contribution in [3.63, 3.8) is 0 Å². The van der Waals surface area contributed by atoms with Gasteiger partial charge in [0.25, 0.3) is 5.56 Å².